The Morgan fingerprint density at radius 1 is 1.50 bits per heavy atom. The molecule has 0 aromatic heterocycles. The first-order valence-corrected chi connectivity index (χ1v) is 7.51. The number of nitrogens with two attached hydrogens (primary N) is 1. The third-order valence-corrected chi connectivity index (χ3v) is 5.08. The summed E-state index contributed by atoms with van der Waals surface area (Å²) in [6, 6.07) is 0.350. The maximum Gasteiger partial charge on any atom is 0.0521 e. The van der Waals surface area contributed by atoms with E-state index in [4.69, 9.17) is 10.5 Å². The molecule has 16 heavy (non-hydrogen) atoms. The standard InChI is InChI=1S/C12H24N2OS/c1-2-11-8-14(4-6-16-11)7-10-9-15-5-3-12(10)13/h10-12H,2-9,13H2,1H3. The van der Waals surface area contributed by atoms with Gasteiger partial charge in [0.2, 0.25) is 0 Å². The third-order valence-electron chi connectivity index (χ3n) is 3.70. The lowest BCUT2D eigenvalue weighted by Gasteiger charge is -2.37. The van der Waals surface area contributed by atoms with Crippen molar-refractivity contribution in [2.45, 2.75) is 31.1 Å². The summed E-state index contributed by atoms with van der Waals surface area (Å²) in [7, 11) is 0. The summed E-state index contributed by atoms with van der Waals surface area (Å²) in [5.74, 6) is 1.83. The zero-order valence-electron chi connectivity index (χ0n) is 10.2. The first kappa shape index (κ1) is 12.7. The van der Waals surface area contributed by atoms with Gasteiger partial charge in [0.25, 0.3) is 0 Å². The number of thioether (sulfide) groups is 1. The maximum absolute atomic E-state index is 6.15. The van der Waals surface area contributed by atoms with Crippen LogP contribution in [-0.2, 0) is 4.74 Å². The van der Waals surface area contributed by atoms with Gasteiger partial charge in [-0.2, -0.15) is 11.8 Å². The maximum atomic E-state index is 6.15. The van der Waals surface area contributed by atoms with Crippen molar-refractivity contribution in [2.24, 2.45) is 11.7 Å². The molecule has 4 heteroatoms. The van der Waals surface area contributed by atoms with Crippen LogP contribution in [0.2, 0.25) is 0 Å². The molecule has 2 aliphatic rings. The van der Waals surface area contributed by atoms with Crippen LogP contribution in [0.15, 0.2) is 0 Å². The fourth-order valence-electron chi connectivity index (χ4n) is 2.53. The van der Waals surface area contributed by atoms with Gasteiger partial charge in [0.15, 0.2) is 0 Å². The van der Waals surface area contributed by atoms with Crippen molar-refractivity contribution in [3.05, 3.63) is 0 Å². The molecule has 3 unspecified atom stereocenters. The predicted molar refractivity (Wildman–Crippen MR) is 69.9 cm³/mol. The summed E-state index contributed by atoms with van der Waals surface area (Å²) in [5, 5.41) is 0.828. The number of hydrogen-bond acceptors (Lipinski definition) is 4. The molecule has 2 saturated heterocycles. The second-order valence-electron chi connectivity index (χ2n) is 4.95. The minimum absolute atomic E-state index is 0.350. The van der Waals surface area contributed by atoms with Crippen LogP contribution in [-0.4, -0.2) is 54.8 Å². The highest BCUT2D eigenvalue weighted by Gasteiger charge is 2.27. The molecule has 0 bridgehead atoms. The molecule has 0 aliphatic carbocycles. The van der Waals surface area contributed by atoms with E-state index < -0.39 is 0 Å². The largest absolute Gasteiger partial charge is 0.381 e. The van der Waals surface area contributed by atoms with Crippen LogP contribution in [0.4, 0.5) is 0 Å². The number of hydrogen-bond donors (Lipinski definition) is 1. The normalized spacial score (nSPS) is 37.5. The summed E-state index contributed by atoms with van der Waals surface area (Å²) >= 11 is 2.13. The van der Waals surface area contributed by atoms with E-state index in [2.05, 4.69) is 23.6 Å². The van der Waals surface area contributed by atoms with Crippen molar-refractivity contribution < 1.29 is 4.74 Å². The van der Waals surface area contributed by atoms with Gasteiger partial charge in [-0.1, -0.05) is 6.92 Å². The molecule has 2 aliphatic heterocycles. The molecule has 2 heterocycles. The van der Waals surface area contributed by atoms with Crippen LogP contribution in [0, 0.1) is 5.92 Å². The Labute approximate surface area is 103 Å². The lowest BCUT2D eigenvalue weighted by molar-refractivity contribution is 0.0265. The first-order chi connectivity index (χ1) is 7.79. The van der Waals surface area contributed by atoms with Crippen LogP contribution in [0.5, 0.6) is 0 Å². The van der Waals surface area contributed by atoms with E-state index in [0.717, 1.165) is 31.4 Å². The van der Waals surface area contributed by atoms with E-state index in [1.807, 2.05) is 0 Å². The zero-order chi connectivity index (χ0) is 11.4. The fourth-order valence-corrected chi connectivity index (χ4v) is 3.78. The van der Waals surface area contributed by atoms with Crippen molar-refractivity contribution in [3.8, 4) is 0 Å². The van der Waals surface area contributed by atoms with Gasteiger partial charge in [-0.15, -0.1) is 0 Å². The Kier molecular flexibility index (Phi) is 4.95. The molecule has 0 amide bonds. The third kappa shape index (κ3) is 3.36. The van der Waals surface area contributed by atoms with Gasteiger partial charge >= 0.3 is 0 Å². The summed E-state index contributed by atoms with van der Waals surface area (Å²) < 4.78 is 5.54. The molecular weight excluding hydrogens is 220 g/mol. The van der Waals surface area contributed by atoms with Crippen molar-refractivity contribution in [3.63, 3.8) is 0 Å². The van der Waals surface area contributed by atoms with Gasteiger partial charge in [-0.05, 0) is 12.8 Å². The van der Waals surface area contributed by atoms with E-state index >= 15 is 0 Å². The van der Waals surface area contributed by atoms with Gasteiger partial charge in [0.05, 0.1) is 6.61 Å². The molecule has 2 rings (SSSR count). The van der Waals surface area contributed by atoms with Crippen molar-refractivity contribution in [2.75, 3.05) is 38.6 Å². The first-order valence-electron chi connectivity index (χ1n) is 6.47. The predicted octanol–water partition coefficient (Wildman–Crippen LogP) is 1.18. The molecule has 2 fully saturated rings. The second kappa shape index (κ2) is 6.24. The molecule has 94 valence electrons. The SMILES string of the molecule is CCC1CN(CC2COCCC2N)CCS1. The summed E-state index contributed by atoms with van der Waals surface area (Å²) in [4.78, 5) is 2.59. The number of nitrogens with zero attached hydrogens (tertiary/aromatic N) is 1. The van der Waals surface area contributed by atoms with Gasteiger partial charge in [-0.3, -0.25) is 0 Å². The highest BCUT2D eigenvalue weighted by atomic mass is 32.2. The second-order valence-corrected chi connectivity index (χ2v) is 6.36. The topological polar surface area (TPSA) is 38.5 Å². The molecule has 0 radical (unpaired) electrons. The zero-order valence-corrected chi connectivity index (χ0v) is 11.0. The number of ether oxygens (including phenoxy) is 1. The van der Waals surface area contributed by atoms with Crippen LogP contribution in [0.25, 0.3) is 0 Å². The van der Waals surface area contributed by atoms with Crippen LogP contribution in [0.1, 0.15) is 19.8 Å². The number of rotatable bonds is 3. The molecule has 3 nitrogen and oxygen atoms in total. The lowest BCUT2D eigenvalue weighted by Crippen LogP contribution is -2.48. The van der Waals surface area contributed by atoms with Crippen molar-refractivity contribution in [1.82, 2.24) is 4.90 Å². The average Bonchev–Trinajstić information content (AvgIpc) is 2.32. The summed E-state index contributed by atoms with van der Waals surface area (Å²) in [6.07, 6.45) is 2.32. The van der Waals surface area contributed by atoms with Gasteiger partial charge in [0, 0.05) is 49.2 Å². The molecule has 0 spiro atoms. The Morgan fingerprint density at radius 3 is 3.12 bits per heavy atom. The molecule has 0 aromatic rings. The summed E-state index contributed by atoms with van der Waals surface area (Å²) in [5.41, 5.74) is 6.15. The Balaban J connectivity index is 1.79. The highest BCUT2D eigenvalue weighted by Crippen LogP contribution is 2.23. The lowest BCUT2D eigenvalue weighted by atomic mass is 9.96. The molecule has 2 N–H and O–H groups in total. The summed E-state index contributed by atoms with van der Waals surface area (Å²) in [6.45, 7) is 7.61. The average molecular weight is 244 g/mol. The van der Waals surface area contributed by atoms with Gasteiger partial charge in [-0.25, -0.2) is 0 Å². The molecule has 0 saturated carbocycles. The van der Waals surface area contributed by atoms with Crippen molar-refractivity contribution in [1.29, 1.82) is 0 Å². The van der Waals surface area contributed by atoms with Crippen molar-refractivity contribution >= 4 is 11.8 Å². The Bertz CT molecular complexity index is 215. The van der Waals surface area contributed by atoms with Crippen LogP contribution >= 0.6 is 11.8 Å². The molecular formula is C12H24N2OS. The minimum atomic E-state index is 0.350. The van der Waals surface area contributed by atoms with E-state index in [-0.39, 0.29) is 0 Å². The van der Waals surface area contributed by atoms with E-state index in [9.17, 15) is 0 Å². The van der Waals surface area contributed by atoms with E-state index in [0.29, 0.717) is 12.0 Å². The van der Waals surface area contributed by atoms with Crippen LogP contribution < -0.4 is 5.73 Å². The minimum Gasteiger partial charge on any atom is -0.381 e. The highest BCUT2D eigenvalue weighted by molar-refractivity contribution is 8.00. The van der Waals surface area contributed by atoms with Gasteiger partial charge < -0.3 is 15.4 Å². The van der Waals surface area contributed by atoms with E-state index in [1.54, 1.807) is 0 Å². The van der Waals surface area contributed by atoms with Crippen LogP contribution in [0.3, 0.4) is 0 Å². The quantitative estimate of drug-likeness (QED) is 0.809. The Morgan fingerprint density at radius 2 is 2.38 bits per heavy atom. The monoisotopic (exact) mass is 244 g/mol. The Hall–Kier alpha value is 0.230. The van der Waals surface area contributed by atoms with Gasteiger partial charge in [0.1, 0.15) is 0 Å². The molecule has 0 aromatic carbocycles. The smallest absolute Gasteiger partial charge is 0.0521 e. The molecule has 3 atom stereocenters. The fraction of sp³-hybridized carbons (Fsp3) is 1.00. The van der Waals surface area contributed by atoms with E-state index in [1.165, 1.54) is 25.3 Å².